The van der Waals surface area contributed by atoms with Crippen LogP contribution in [0.3, 0.4) is 0 Å². The Morgan fingerprint density at radius 3 is 2.64 bits per heavy atom. The summed E-state index contributed by atoms with van der Waals surface area (Å²) < 4.78 is 5.48. The number of hydrogen-bond donors (Lipinski definition) is 2. The minimum Gasteiger partial charge on any atom is -0.481 e. The second-order valence-electron chi connectivity index (χ2n) is 4.82. The zero-order chi connectivity index (χ0) is 15.9. The summed E-state index contributed by atoms with van der Waals surface area (Å²) >= 11 is 1.62. The molecule has 116 valence electrons. The van der Waals surface area contributed by atoms with E-state index >= 15 is 0 Å². The third-order valence-electron chi connectivity index (χ3n) is 3.00. The van der Waals surface area contributed by atoms with Gasteiger partial charge in [0.15, 0.2) is 5.76 Å². The summed E-state index contributed by atoms with van der Waals surface area (Å²) in [5.74, 6) is -0.453. The predicted octanol–water partition coefficient (Wildman–Crippen LogP) is 3.02. The fraction of sp³-hybridized carbons (Fsp3) is 0.250. The summed E-state index contributed by atoms with van der Waals surface area (Å²) in [5.41, 5.74) is 0. The van der Waals surface area contributed by atoms with E-state index in [-0.39, 0.29) is 12.3 Å². The van der Waals surface area contributed by atoms with Crippen molar-refractivity contribution in [1.29, 1.82) is 0 Å². The number of carboxylic acid groups (broad SMARTS) is 1. The lowest BCUT2D eigenvalue weighted by atomic mass is 10.2. The molecule has 5 nitrogen and oxygen atoms in total. The van der Waals surface area contributed by atoms with E-state index in [0.717, 1.165) is 4.90 Å². The van der Waals surface area contributed by atoms with Gasteiger partial charge in [-0.15, -0.1) is 11.8 Å². The SMILES string of the molecule is C[C@@H](CNC(=O)c1ccc(CSc2ccccc2)o1)C(=O)O. The molecule has 0 aliphatic rings. The van der Waals surface area contributed by atoms with Crippen LogP contribution in [0.1, 0.15) is 23.2 Å². The molecule has 2 N–H and O–H groups in total. The van der Waals surface area contributed by atoms with Crippen molar-refractivity contribution >= 4 is 23.6 Å². The van der Waals surface area contributed by atoms with Gasteiger partial charge in [0.2, 0.25) is 0 Å². The maximum Gasteiger partial charge on any atom is 0.308 e. The smallest absolute Gasteiger partial charge is 0.308 e. The van der Waals surface area contributed by atoms with Crippen LogP contribution < -0.4 is 5.32 Å². The Hall–Kier alpha value is -2.21. The normalized spacial score (nSPS) is 11.9. The number of carbonyl (C=O) groups is 2. The maximum atomic E-state index is 11.9. The van der Waals surface area contributed by atoms with Crippen LogP contribution >= 0.6 is 11.8 Å². The maximum absolute atomic E-state index is 11.9. The van der Waals surface area contributed by atoms with Gasteiger partial charge >= 0.3 is 5.97 Å². The molecule has 0 spiro atoms. The van der Waals surface area contributed by atoms with Gasteiger partial charge in [-0.3, -0.25) is 9.59 Å². The van der Waals surface area contributed by atoms with Gasteiger partial charge in [0.05, 0.1) is 11.7 Å². The van der Waals surface area contributed by atoms with E-state index in [1.807, 2.05) is 30.3 Å². The molecular formula is C16H17NO4S. The van der Waals surface area contributed by atoms with Crippen molar-refractivity contribution in [3.63, 3.8) is 0 Å². The minimum atomic E-state index is -0.945. The van der Waals surface area contributed by atoms with Crippen molar-refractivity contribution in [2.24, 2.45) is 5.92 Å². The highest BCUT2D eigenvalue weighted by Gasteiger charge is 2.15. The molecule has 0 fully saturated rings. The van der Waals surface area contributed by atoms with Crippen molar-refractivity contribution in [2.45, 2.75) is 17.6 Å². The van der Waals surface area contributed by atoms with E-state index in [1.54, 1.807) is 23.9 Å². The lowest BCUT2D eigenvalue weighted by molar-refractivity contribution is -0.140. The molecule has 0 saturated heterocycles. The van der Waals surface area contributed by atoms with Crippen LogP contribution in [0.25, 0.3) is 0 Å². The number of amides is 1. The number of carboxylic acids is 1. The molecule has 1 atom stereocenters. The third-order valence-corrected chi connectivity index (χ3v) is 4.03. The highest BCUT2D eigenvalue weighted by atomic mass is 32.2. The van der Waals surface area contributed by atoms with Gasteiger partial charge in [-0.2, -0.15) is 0 Å². The van der Waals surface area contributed by atoms with Crippen LogP contribution in [0, 0.1) is 5.92 Å². The lowest BCUT2D eigenvalue weighted by Gasteiger charge is -2.06. The molecule has 22 heavy (non-hydrogen) atoms. The van der Waals surface area contributed by atoms with Crippen LogP contribution in [-0.4, -0.2) is 23.5 Å². The predicted molar refractivity (Wildman–Crippen MR) is 83.8 cm³/mol. The van der Waals surface area contributed by atoms with Crippen molar-refractivity contribution in [3.8, 4) is 0 Å². The molecule has 0 saturated carbocycles. The van der Waals surface area contributed by atoms with Crippen LogP contribution in [0.5, 0.6) is 0 Å². The van der Waals surface area contributed by atoms with E-state index < -0.39 is 17.8 Å². The summed E-state index contributed by atoms with van der Waals surface area (Å²) in [6, 6.07) is 13.3. The molecule has 0 bridgehead atoms. The van der Waals surface area contributed by atoms with E-state index in [2.05, 4.69) is 5.32 Å². The minimum absolute atomic E-state index is 0.0724. The number of thioether (sulfide) groups is 1. The van der Waals surface area contributed by atoms with Crippen molar-refractivity contribution in [1.82, 2.24) is 5.32 Å². The Bertz CT molecular complexity index is 639. The van der Waals surface area contributed by atoms with E-state index in [9.17, 15) is 9.59 Å². The standard InChI is InChI=1S/C16H17NO4S/c1-11(16(19)20)9-17-15(18)14-8-7-12(21-14)10-22-13-5-3-2-4-6-13/h2-8,11H,9-10H2,1H3,(H,17,18)(H,19,20)/t11-/m0/s1. The molecule has 2 aromatic rings. The van der Waals surface area contributed by atoms with Gasteiger partial charge in [-0.05, 0) is 24.3 Å². The van der Waals surface area contributed by atoms with Crippen LogP contribution in [0.2, 0.25) is 0 Å². The second-order valence-corrected chi connectivity index (χ2v) is 5.87. The van der Waals surface area contributed by atoms with E-state index in [4.69, 9.17) is 9.52 Å². The van der Waals surface area contributed by atoms with Crippen LogP contribution in [0.4, 0.5) is 0 Å². The Balaban J connectivity index is 1.85. The molecule has 6 heteroatoms. The molecule has 2 rings (SSSR count). The third kappa shape index (κ3) is 4.66. The topological polar surface area (TPSA) is 79.5 Å². The molecular weight excluding hydrogens is 302 g/mol. The second kappa shape index (κ2) is 7.70. The lowest BCUT2D eigenvalue weighted by Crippen LogP contribution is -2.31. The van der Waals surface area contributed by atoms with Crippen molar-refractivity contribution < 1.29 is 19.1 Å². The average Bonchev–Trinajstić information content (AvgIpc) is 3.00. The summed E-state index contributed by atoms with van der Waals surface area (Å²) in [4.78, 5) is 23.7. The fourth-order valence-corrected chi connectivity index (χ4v) is 2.48. The number of hydrogen-bond acceptors (Lipinski definition) is 4. The van der Waals surface area contributed by atoms with Crippen molar-refractivity contribution in [2.75, 3.05) is 6.54 Å². The summed E-state index contributed by atoms with van der Waals surface area (Å²) in [6.07, 6.45) is 0. The average molecular weight is 319 g/mol. The largest absolute Gasteiger partial charge is 0.481 e. The molecule has 0 aliphatic heterocycles. The first-order chi connectivity index (χ1) is 10.6. The summed E-state index contributed by atoms with van der Waals surface area (Å²) in [5, 5.41) is 11.3. The zero-order valence-corrected chi connectivity index (χ0v) is 12.9. The number of furan rings is 1. The molecule has 1 heterocycles. The molecule has 1 aromatic carbocycles. The Morgan fingerprint density at radius 2 is 1.95 bits per heavy atom. The molecule has 0 unspecified atom stereocenters. The number of aliphatic carboxylic acids is 1. The number of benzene rings is 1. The van der Waals surface area contributed by atoms with Crippen LogP contribution in [-0.2, 0) is 10.5 Å². The Kier molecular flexibility index (Phi) is 5.66. The molecule has 0 radical (unpaired) electrons. The molecule has 1 amide bonds. The van der Waals surface area contributed by atoms with Gasteiger partial charge in [0.25, 0.3) is 5.91 Å². The van der Waals surface area contributed by atoms with Crippen LogP contribution in [0.15, 0.2) is 51.8 Å². The quantitative estimate of drug-likeness (QED) is 0.767. The number of carbonyl (C=O) groups excluding carboxylic acids is 1. The van der Waals surface area contributed by atoms with E-state index in [0.29, 0.717) is 11.5 Å². The zero-order valence-electron chi connectivity index (χ0n) is 12.1. The van der Waals surface area contributed by atoms with Gasteiger partial charge in [0.1, 0.15) is 5.76 Å². The summed E-state index contributed by atoms with van der Waals surface area (Å²) in [7, 11) is 0. The van der Waals surface area contributed by atoms with Gasteiger partial charge in [-0.25, -0.2) is 0 Å². The Morgan fingerprint density at radius 1 is 1.23 bits per heavy atom. The first-order valence-corrected chi connectivity index (χ1v) is 7.82. The monoisotopic (exact) mass is 319 g/mol. The van der Waals surface area contributed by atoms with Gasteiger partial charge in [-0.1, -0.05) is 25.1 Å². The molecule has 0 aliphatic carbocycles. The van der Waals surface area contributed by atoms with E-state index in [1.165, 1.54) is 6.92 Å². The fourth-order valence-electron chi connectivity index (χ4n) is 1.67. The highest BCUT2D eigenvalue weighted by molar-refractivity contribution is 7.98. The van der Waals surface area contributed by atoms with Gasteiger partial charge < -0.3 is 14.8 Å². The first kappa shape index (κ1) is 16.2. The number of rotatable bonds is 7. The molecule has 1 aromatic heterocycles. The van der Waals surface area contributed by atoms with Crippen molar-refractivity contribution in [3.05, 3.63) is 54.0 Å². The van der Waals surface area contributed by atoms with Gasteiger partial charge in [0, 0.05) is 11.4 Å². The number of nitrogens with one attached hydrogen (secondary N) is 1. The first-order valence-electron chi connectivity index (χ1n) is 6.84. The Labute approximate surface area is 132 Å². The summed E-state index contributed by atoms with van der Waals surface area (Å²) in [6.45, 7) is 1.61. The highest BCUT2D eigenvalue weighted by Crippen LogP contribution is 2.23.